The average molecular weight is 270 g/mol. The molecule has 0 aliphatic heterocycles. The molecule has 2 nitrogen and oxygen atoms in total. The molecule has 2 heteroatoms. The number of aryl methyl sites for hydroxylation is 1. The van der Waals surface area contributed by atoms with Crippen LogP contribution in [0.1, 0.15) is 50.4 Å². The number of rotatable bonds is 4. The average Bonchev–Trinajstić information content (AvgIpc) is 2.37. The van der Waals surface area contributed by atoms with E-state index in [0.717, 1.165) is 17.6 Å². The van der Waals surface area contributed by atoms with Gasteiger partial charge in [-0.3, -0.25) is 4.98 Å². The third-order valence-electron chi connectivity index (χ3n) is 3.96. The van der Waals surface area contributed by atoms with Crippen molar-refractivity contribution in [3.63, 3.8) is 0 Å². The molecular formula is C18H26N2. The first-order chi connectivity index (χ1) is 9.34. The predicted octanol–water partition coefficient (Wildman–Crippen LogP) is 4.19. The highest BCUT2D eigenvalue weighted by molar-refractivity contribution is 5.85. The second kappa shape index (κ2) is 5.53. The van der Waals surface area contributed by atoms with Gasteiger partial charge >= 0.3 is 0 Å². The second-order valence-electron chi connectivity index (χ2n) is 6.87. The summed E-state index contributed by atoms with van der Waals surface area (Å²) in [7, 11) is 0. The molecule has 0 fully saturated rings. The van der Waals surface area contributed by atoms with Crippen molar-refractivity contribution in [2.75, 3.05) is 6.54 Å². The summed E-state index contributed by atoms with van der Waals surface area (Å²) in [6, 6.07) is 8.71. The van der Waals surface area contributed by atoms with Crippen molar-refractivity contribution in [1.29, 1.82) is 0 Å². The third-order valence-corrected chi connectivity index (χ3v) is 3.96. The molecule has 0 radical (unpaired) electrons. The van der Waals surface area contributed by atoms with Gasteiger partial charge in [-0.2, -0.15) is 0 Å². The molecule has 1 heterocycles. The van der Waals surface area contributed by atoms with Gasteiger partial charge < -0.3 is 5.73 Å². The van der Waals surface area contributed by atoms with Gasteiger partial charge in [-0.15, -0.1) is 0 Å². The lowest BCUT2D eigenvalue weighted by molar-refractivity contribution is 0.373. The summed E-state index contributed by atoms with van der Waals surface area (Å²) in [6.45, 7) is 11.7. The van der Waals surface area contributed by atoms with E-state index in [9.17, 15) is 0 Å². The van der Waals surface area contributed by atoms with Crippen LogP contribution in [0.25, 0.3) is 10.9 Å². The summed E-state index contributed by atoms with van der Waals surface area (Å²) >= 11 is 0. The lowest BCUT2D eigenvalue weighted by Gasteiger charge is -2.22. The minimum absolute atomic E-state index is 0.0971. The highest BCUT2D eigenvalue weighted by Crippen LogP contribution is 2.28. The number of para-hydroxylation sites is 1. The molecule has 0 unspecified atom stereocenters. The number of benzene rings is 1. The van der Waals surface area contributed by atoms with E-state index in [0.29, 0.717) is 12.5 Å². The van der Waals surface area contributed by atoms with Gasteiger partial charge in [0.05, 0.1) is 5.52 Å². The minimum Gasteiger partial charge on any atom is -0.330 e. The summed E-state index contributed by atoms with van der Waals surface area (Å²) in [6.07, 6.45) is 0.923. The van der Waals surface area contributed by atoms with E-state index in [4.69, 9.17) is 10.7 Å². The fraction of sp³-hybridized carbons (Fsp3) is 0.500. The van der Waals surface area contributed by atoms with Gasteiger partial charge in [-0.25, -0.2) is 0 Å². The van der Waals surface area contributed by atoms with Crippen LogP contribution in [0.4, 0.5) is 0 Å². The molecular weight excluding hydrogens is 244 g/mol. The van der Waals surface area contributed by atoms with Crippen LogP contribution < -0.4 is 5.73 Å². The van der Waals surface area contributed by atoms with E-state index in [1.165, 1.54) is 16.5 Å². The Hall–Kier alpha value is -1.41. The van der Waals surface area contributed by atoms with Crippen LogP contribution in [0.3, 0.4) is 0 Å². The minimum atomic E-state index is 0.0971. The fourth-order valence-electron chi connectivity index (χ4n) is 2.63. The van der Waals surface area contributed by atoms with Gasteiger partial charge in [0.25, 0.3) is 0 Å². The Labute approximate surface area is 122 Å². The first-order valence-corrected chi connectivity index (χ1v) is 7.43. The van der Waals surface area contributed by atoms with Gasteiger partial charge in [0.15, 0.2) is 0 Å². The number of aromatic nitrogens is 1. The summed E-state index contributed by atoms with van der Waals surface area (Å²) in [5, 5.41) is 1.27. The predicted molar refractivity (Wildman–Crippen MR) is 87.1 cm³/mol. The van der Waals surface area contributed by atoms with Crippen LogP contribution in [-0.4, -0.2) is 11.5 Å². The first kappa shape index (κ1) is 15.0. The molecule has 0 atom stereocenters. The van der Waals surface area contributed by atoms with Crippen molar-refractivity contribution >= 4 is 10.9 Å². The molecule has 0 saturated carbocycles. The van der Waals surface area contributed by atoms with Gasteiger partial charge in [-0.05, 0) is 48.4 Å². The summed E-state index contributed by atoms with van der Waals surface area (Å²) < 4.78 is 0. The van der Waals surface area contributed by atoms with Gasteiger partial charge in [-0.1, -0.05) is 45.9 Å². The Balaban J connectivity index is 2.57. The summed E-state index contributed by atoms with van der Waals surface area (Å²) in [5.41, 5.74) is 10.9. The number of fused-ring (bicyclic) bond motifs is 1. The molecule has 1 aromatic heterocycles. The van der Waals surface area contributed by atoms with Crippen LogP contribution >= 0.6 is 0 Å². The Morgan fingerprint density at radius 2 is 1.95 bits per heavy atom. The molecule has 0 saturated heterocycles. The van der Waals surface area contributed by atoms with Crippen LogP contribution in [0.5, 0.6) is 0 Å². The Morgan fingerprint density at radius 1 is 1.25 bits per heavy atom. The van der Waals surface area contributed by atoms with E-state index in [1.54, 1.807) is 0 Å². The molecule has 0 bridgehead atoms. The molecule has 108 valence electrons. The van der Waals surface area contributed by atoms with Crippen LogP contribution in [0.15, 0.2) is 24.3 Å². The number of hydrogen-bond acceptors (Lipinski definition) is 2. The second-order valence-corrected chi connectivity index (χ2v) is 6.87. The topological polar surface area (TPSA) is 38.9 Å². The highest BCUT2D eigenvalue weighted by Gasteiger charge is 2.18. The third kappa shape index (κ3) is 3.01. The molecule has 20 heavy (non-hydrogen) atoms. The maximum atomic E-state index is 5.86. The zero-order valence-corrected chi connectivity index (χ0v) is 13.3. The SMILES string of the molecule is Cc1cc(CC(C)(C)CN)nc2c(C(C)C)cccc12. The van der Waals surface area contributed by atoms with Crippen LogP contribution in [-0.2, 0) is 6.42 Å². The van der Waals surface area contributed by atoms with E-state index in [2.05, 4.69) is 58.9 Å². The van der Waals surface area contributed by atoms with E-state index in [1.807, 2.05) is 0 Å². The zero-order chi connectivity index (χ0) is 14.9. The van der Waals surface area contributed by atoms with Crippen molar-refractivity contribution in [3.05, 3.63) is 41.1 Å². The Bertz CT molecular complexity index is 612. The monoisotopic (exact) mass is 270 g/mol. The molecule has 2 N–H and O–H groups in total. The van der Waals surface area contributed by atoms with E-state index < -0.39 is 0 Å². The molecule has 1 aromatic carbocycles. The Morgan fingerprint density at radius 3 is 2.55 bits per heavy atom. The molecule has 2 aromatic rings. The van der Waals surface area contributed by atoms with Crippen LogP contribution in [0.2, 0.25) is 0 Å². The van der Waals surface area contributed by atoms with Gasteiger partial charge in [0.1, 0.15) is 0 Å². The van der Waals surface area contributed by atoms with E-state index in [-0.39, 0.29) is 5.41 Å². The smallest absolute Gasteiger partial charge is 0.0742 e. The number of nitrogens with zero attached hydrogens (tertiary/aromatic N) is 1. The first-order valence-electron chi connectivity index (χ1n) is 7.43. The summed E-state index contributed by atoms with van der Waals surface area (Å²) in [5.74, 6) is 0.489. The molecule has 0 aliphatic rings. The normalized spacial score (nSPS) is 12.3. The quantitative estimate of drug-likeness (QED) is 0.904. The maximum Gasteiger partial charge on any atom is 0.0742 e. The van der Waals surface area contributed by atoms with Gasteiger partial charge in [0, 0.05) is 11.1 Å². The summed E-state index contributed by atoms with van der Waals surface area (Å²) in [4.78, 5) is 4.93. The highest BCUT2D eigenvalue weighted by atomic mass is 14.7. The van der Waals surface area contributed by atoms with E-state index >= 15 is 0 Å². The van der Waals surface area contributed by atoms with Crippen molar-refractivity contribution < 1.29 is 0 Å². The van der Waals surface area contributed by atoms with Crippen molar-refractivity contribution in [3.8, 4) is 0 Å². The van der Waals surface area contributed by atoms with Crippen LogP contribution in [0, 0.1) is 12.3 Å². The molecule has 0 amide bonds. The van der Waals surface area contributed by atoms with Crippen molar-refractivity contribution in [1.82, 2.24) is 4.98 Å². The number of pyridine rings is 1. The largest absolute Gasteiger partial charge is 0.330 e. The maximum absolute atomic E-state index is 5.86. The standard InChI is InChI=1S/C18H26N2/c1-12(2)15-7-6-8-16-13(3)9-14(20-17(15)16)10-18(4,5)11-19/h6-9,12H,10-11,19H2,1-5H3. The lowest BCUT2D eigenvalue weighted by atomic mass is 9.87. The fourth-order valence-corrected chi connectivity index (χ4v) is 2.63. The molecule has 0 spiro atoms. The van der Waals surface area contributed by atoms with Crippen molar-refractivity contribution in [2.24, 2.45) is 11.1 Å². The number of hydrogen-bond donors (Lipinski definition) is 1. The zero-order valence-electron chi connectivity index (χ0n) is 13.3. The van der Waals surface area contributed by atoms with Gasteiger partial charge in [0.2, 0.25) is 0 Å². The lowest BCUT2D eigenvalue weighted by Crippen LogP contribution is -2.26. The molecule has 0 aliphatic carbocycles. The van der Waals surface area contributed by atoms with Crippen molar-refractivity contribution in [2.45, 2.75) is 47.0 Å². The molecule has 2 rings (SSSR count). The Kier molecular flexibility index (Phi) is 4.14. The number of nitrogens with two attached hydrogens (primary N) is 1.